The predicted molar refractivity (Wildman–Crippen MR) is 80.3 cm³/mol. The van der Waals surface area contributed by atoms with Crippen molar-refractivity contribution in [3.05, 3.63) is 34.9 Å². The molecule has 4 rings (SSSR count). The average Bonchev–Trinajstić information content (AvgIpc) is 3.14. The van der Waals surface area contributed by atoms with Crippen LogP contribution in [0.2, 0.25) is 0 Å². The zero-order valence-corrected chi connectivity index (χ0v) is 11.7. The number of fused-ring (bicyclic) bond motifs is 2. The predicted octanol–water partition coefficient (Wildman–Crippen LogP) is 3.15. The van der Waals surface area contributed by atoms with Gasteiger partial charge in [-0.2, -0.15) is 0 Å². The highest BCUT2D eigenvalue weighted by molar-refractivity contribution is 6.06. The summed E-state index contributed by atoms with van der Waals surface area (Å²) < 4.78 is 16.4. The summed E-state index contributed by atoms with van der Waals surface area (Å²) in [5.41, 5.74) is 1.70. The molecule has 0 N–H and O–H groups in total. The first kappa shape index (κ1) is 12.3. The Labute approximate surface area is 120 Å². The van der Waals surface area contributed by atoms with E-state index in [1.807, 2.05) is 6.07 Å². The summed E-state index contributed by atoms with van der Waals surface area (Å²) in [6.45, 7) is 1.90. The highest BCUT2D eigenvalue weighted by Crippen LogP contribution is 2.40. The number of hydrogen-bond acceptors (Lipinski definition) is 5. The quantitative estimate of drug-likeness (QED) is 0.677. The van der Waals surface area contributed by atoms with Gasteiger partial charge in [0.2, 0.25) is 0 Å². The fourth-order valence-corrected chi connectivity index (χ4v) is 3.12. The van der Waals surface area contributed by atoms with Crippen molar-refractivity contribution in [2.45, 2.75) is 12.8 Å². The van der Waals surface area contributed by atoms with Crippen molar-refractivity contribution in [3.8, 4) is 5.75 Å². The number of nitrogens with zero attached hydrogens (tertiary/aromatic N) is 1. The molecule has 0 aliphatic carbocycles. The van der Waals surface area contributed by atoms with Gasteiger partial charge in [0.25, 0.3) is 0 Å². The van der Waals surface area contributed by atoms with Gasteiger partial charge in [-0.25, -0.2) is 4.79 Å². The van der Waals surface area contributed by atoms with Gasteiger partial charge in [0.05, 0.1) is 29.8 Å². The van der Waals surface area contributed by atoms with Gasteiger partial charge in [-0.1, -0.05) is 0 Å². The third-order valence-electron chi connectivity index (χ3n) is 4.05. The smallest absolute Gasteiger partial charge is 0.338 e. The molecule has 1 aromatic carbocycles. The Hall–Kier alpha value is -2.43. The Morgan fingerprint density at radius 2 is 2.00 bits per heavy atom. The van der Waals surface area contributed by atoms with Crippen molar-refractivity contribution < 1.29 is 13.6 Å². The van der Waals surface area contributed by atoms with Crippen LogP contribution in [-0.4, -0.2) is 20.2 Å². The largest absolute Gasteiger partial charge is 0.495 e. The molecule has 0 radical (unpaired) electrons. The molecule has 0 amide bonds. The van der Waals surface area contributed by atoms with E-state index >= 15 is 0 Å². The first-order valence-electron chi connectivity index (χ1n) is 7.05. The SMILES string of the molecule is COc1c2ccoc2cc2oc(=O)cc(N3CCCC3)c12. The highest BCUT2D eigenvalue weighted by Gasteiger charge is 2.21. The second-order valence-corrected chi connectivity index (χ2v) is 5.26. The van der Waals surface area contributed by atoms with Gasteiger partial charge in [-0.05, 0) is 18.9 Å². The molecule has 1 fully saturated rings. The second-order valence-electron chi connectivity index (χ2n) is 5.26. The number of ether oxygens (including phenoxy) is 1. The Morgan fingerprint density at radius 1 is 1.19 bits per heavy atom. The minimum Gasteiger partial charge on any atom is -0.495 e. The molecule has 1 aliphatic rings. The van der Waals surface area contributed by atoms with Crippen molar-refractivity contribution in [1.29, 1.82) is 0 Å². The molecule has 0 atom stereocenters. The number of methoxy groups -OCH3 is 1. The van der Waals surface area contributed by atoms with Crippen LogP contribution in [0.5, 0.6) is 5.75 Å². The molecule has 5 nitrogen and oxygen atoms in total. The standard InChI is InChI=1S/C16H15NO4/c1-19-16-10-4-7-20-12(10)9-13-15(16)11(8-14(18)21-13)17-5-2-3-6-17/h4,7-9H,2-3,5-6H2,1H3. The van der Waals surface area contributed by atoms with Gasteiger partial charge < -0.3 is 18.5 Å². The summed E-state index contributed by atoms with van der Waals surface area (Å²) in [6, 6.07) is 5.18. The molecule has 2 aromatic heterocycles. The molecule has 0 unspecified atom stereocenters. The van der Waals surface area contributed by atoms with E-state index in [9.17, 15) is 4.79 Å². The van der Waals surface area contributed by atoms with E-state index in [0.717, 1.165) is 42.4 Å². The first-order valence-corrected chi connectivity index (χ1v) is 7.05. The van der Waals surface area contributed by atoms with Crippen molar-refractivity contribution in [2.24, 2.45) is 0 Å². The van der Waals surface area contributed by atoms with Crippen LogP contribution < -0.4 is 15.3 Å². The van der Waals surface area contributed by atoms with Crippen LogP contribution in [0.25, 0.3) is 21.9 Å². The van der Waals surface area contributed by atoms with Gasteiger partial charge >= 0.3 is 5.63 Å². The molecular weight excluding hydrogens is 270 g/mol. The third-order valence-corrected chi connectivity index (χ3v) is 4.05. The zero-order valence-electron chi connectivity index (χ0n) is 11.7. The van der Waals surface area contributed by atoms with Crippen LogP contribution in [0.1, 0.15) is 12.8 Å². The zero-order chi connectivity index (χ0) is 14.4. The fraction of sp³-hybridized carbons (Fsp3) is 0.312. The van der Waals surface area contributed by atoms with Crippen LogP contribution in [0.3, 0.4) is 0 Å². The Bertz CT molecular complexity index is 871. The van der Waals surface area contributed by atoms with E-state index in [2.05, 4.69) is 4.90 Å². The number of furan rings is 1. The van der Waals surface area contributed by atoms with Crippen LogP contribution in [-0.2, 0) is 0 Å². The van der Waals surface area contributed by atoms with E-state index in [1.165, 1.54) is 0 Å². The van der Waals surface area contributed by atoms with Gasteiger partial charge in [-0.15, -0.1) is 0 Å². The van der Waals surface area contributed by atoms with Gasteiger partial charge in [0.1, 0.15) is 16.9 Å². The lowest BCUT2D eigenvalue weighted by Crippen LogP contribution is -2.19. The van der Waals surface area contributed by atoms with Crippen LogP contribution >= 0.6 is 0 Å². The number of hydrogen-bond donors (Lipinski definition) is 0. The Morgan fingerprint density at radius 3 is 2.76 bits per heavy atom. The van der Waals surface area contributed by atoms with Gasteiger partial charge in [-0.3, -0.25) is 0 Å². The topological polar surface area (TPSA) is 55.8 Å². The molecule has 1 saturated heterocycles. The molecule has 3 heterocycles. The molecule has 1 aliphatic heterocycles. The van der Waals surface area contributed by atoms with E-state index in [4.69, 9.17) is 13.6 Å². The summed E-state index contributed by atoms with van der Waals surface area (Å²) in [4.78, 5) is 14.1. The fourth-order valence-electron chi connectivity index (χ4n) is 3.12. The van der Waals surface area contributed by atoms with E-state index < -0.39 is 0 Å². The number of anilines is 1. The van der Waals surface area contributed by atoms with Crippen LogP contribution in [0, 0.1) is 0 Å². The summed E-state index contributed by atoms with van der Waals surface area (Å²) >= 11 is 0. The molecule has 108 valence electrons. The lowest BCUT2D eigenvalue weighted by molar-refractivity contribution is 0.423. The highest BCUT2D eigenvalue weighted by atomic mass is 16.5. The maximum Gasteiger partial charge on any atom is 0.338 e. The van der Waals surface area contributed by atoms with Crippen LogP contribution in [0.15, 0.2) is 38.1 Å². The molecule has 3 aromatic rings. The molecule has 0 saturated carbocycles. The third kappa shape index (κ3) is 1.81. The maximum absolute atomic E-state index is 11.9. The molecule has 5 heteroatoms. The van der Waals surface area contributed by atoms with Crippen molar-refractivity contribution in [3.63, 3.8) is 0 Å². The summed E-state index contributed by atoms with van der Waals surface area (Å²) in [7, 11) is 1.63. The number of rotatable bonds is 2. The van der Waals surface area contributed by atoms with Crippen molar-refractivity contribution >= 4 is 27.6 Å². The lowest BCUT2D eigenvalue weighted by atomic mass is 10.1. The molecular formula is C16H15NO4. The van der Waals surface area contributed by atoms with Crippen LogP contribution in [0.4, 0.5) is 5.69 Å². The average molecular weight is 285 g/mol. The van der Waals surface area contributed by atoms with Gasteiger partial charge in [0.15, 0.2) is 0 Å². The maximum atomic E-state index is 11.9. The monoisotopic (exact) mass is 285 g/mol. The van der Waals surface area contributed by atoms with Gasteiger partial charge in [0, 0.05) is 25.2 Å². The van der Waals surface area contributed by atoms with Crippen molar-refractivity contribution in [2.75, 3.05) is 25.1 Å². The van der Waals surface area contributed by atoms with E-state index in [0.29, 0.717) is 16.9 Å². The Kier molecular flexibility index (Phi) is 2.67. The first-order chi connectivity index (χ1) is 10.3. The normalized spacial score (nSPS) is 15.2. The van der Waals surface area contributed by atoms with E-state index in [-0.39, 0.29) is 5.63 Å². The summed E-state index contributed by atoms with van der Waals surface area (Å²) in [5, 5.41) is 1.73. The molecule has 0 bridgehead atoms. The summed E-state index contributed by atoms with van der Waals surface area (Å²) in [5.74, 6) is 0.696. The molecule has 0 spiro atoms. The summed E-state index contributed by atoms with van der Waals surface area (Å²) in [6.07, 6.45) is 3.88. The lowest BCUT2D eigenvalue weighted by Gasteiger charge is -2.20. The number of benzene rings is 1. The minimum atomic E-state index is -0.350. The Balaban J connectivity index is 2.14. The minimum absolute atomic E-state index is 0.350. The molecule has 21 heavy (non-hydrogen) atoms. The van der Waals surface area contributed by atoms with Crippen molar-refractivity contribution in [1.82, 2.24) is 0 Å². The van der Waals surface area contributed by atoms with E-state index in [1.54, 1.807) is 25.5 Å². The second kappa shape index (κ2) is 4.55.